The van der Waals surface area contributed by atoms with Crippen molar-refractivity contribution in [3.8, 4) is 11.5 Å². The van der Waals surface area contributed by atoms with E-state index in [9.17, 15) is 9.59 Å². The first-order valence-electron chi connectivity index (χ1n) is 8.86. The lowest BCUT2D eigenvalue weighted by molar-refractivity contribution is -0.120. The van der Waals surface area contributed by atoms with Gasteiger partial charge in [-0.1, -0.05) is 19.9 Å². The molecule has 3 rings (SSSR count). The molecule has 0 atom stereocenters. The minimum atomic E-state index is -0.331. The molecule has 2 amide bonds. The second-order valence-electron chi connectivity index (χ2n) is 7.09. The molecule has 7 nitrogen and oxygen atoms in total. The monoisotopic (exact) mass is 372 g/mol. The molecule has 0 unspecified atom stereocenters. The van der Waals surface area contributed by atoms with Gasteiger partial charge in [-0.2, -0.15) is 0 Å². The number of aryl methyl sites for hydroxylation is 1. The number of fused-ring (bicyclic) bond motifs is 1. The predicted molar refractivity (Wildman–Crippen MR) is 99.2 cm³/mol. The van der Waals surface area contributed by atoms with Crippen LogP contribution in [0.25, 0.3) is 0 Å². The summed E-state index contributed by atoms with van der Waals surface area (Å²) < 4.78 is 16.3. The first kappa shape index (κ1) is 18.8. The Morgan fingerprint density at radius 1 is 1.07 bits per heavy atom. The summed E-state index contributed by atoms with van der Waals surface area (Å²) in [5.41, 5.74) is 1.15. The van der Waals surface area contributed by atoms with Crippen LogP contribution in [-0.2, 0) is 10.2 Å². The molecule has 2 N–H and O–H groups in total. The van der Waals surface area contributed by atoms with Gasteiger partial charge in [-0.15, -0.1) is 0 Å². The number of furan rings is 1. The van der Waals surface area contributed by atoms with Crippen molar-refractivity contribution in [3.05, 3.63) is 47.4 Å². The van der Waals surface area contributed by atoms with Crippen molar-refractivity contribution in [2.24, 2.45) is 0 Å². The van der Waals surface area contributed by atoms with Gasteiger partial charge < -0.3 is 24.5 Å². The van der Waals surface area contributed by atoms with Gasteiger partial charge in [0.25, 0.3) is 5.91 Å². The summed E-state index contributed by atoms with van der Waals surface area (Å²) in [5, 5.41) is 5.46. The number of rotatable bonds is 6. The van der Waals surface area contributed by atoms with Crippen molar-refractivity contribution in [1.29, 1.82) is 0 Å². The SMILES string of the molecule is Cc1occc1C(=O)NCC(=O)NCC(C)(C)c1ccc2c(c1)OCCO2. The van der Waals surface area contributed by atoms with Crippen molar-refractivity contribution < 1.29 is 23.5 Å². The van der Waals surface area contributed by atoms with Crippen molar-refractivity contribution in [1.82, 2.24) is 10.6 Å². The Bertz CT molecular complexity index is 841. The van der Waals surface area contributed by atoms with Gasteiger partial charge in [0.15, 0.2) is 11.5 Å². The third-order valence-corrected chi connectivity index (χ3v) is 4.56. The maximum Gasteiger partial charge on any atom is 0.255 e. The molecule has 0 saturated heterocycles. The number of amides is 2. The molecule has 0 radical (unpaired) electrons. The molecule has 0 spiro atoms. The van der Waals surface area contributed by atoms with E-state index < -0.39 is 0 Å². The number of benzene rings is 1. The Hall–Kier alpha value is -2.96. The molecule has 1 aromatic heterocycles. The van der Waals surface area contributed by atoms with E-state index in [-0.39, 0.29) is 23.8 Å². The lowest BCUT2D eigenvalue weighted by Gasteiger charge is -2.27. The van der Waals surface area contributed by atoms with Crippen LogP contribution in [0.1, 0.15) is 35.5 Å². The minimum Gasteiger partial charge on any atom is -0.486 e. The molecule has 1 aliphatic heterocycles. The highest BCUT2D eigenvalue weighted by molar-refractivity contribution is 5.97. The van der Waals surface area contributed by atoms with Crippen LogP contribution in [0.5, 0.6) is 11.5 Å². The number of carbonyl (C=O) groups is 2. The molecule has 7 heteroatoms. The molecule has 0 saturated carbocycles. The van der Waals surface area contributed by atoms with E-state index in [0.717, 1.165) is 17.1 Å². The third kappa shape index (κ3) is 4.42. The first-order valence-corrected chi connectivity index (χ1v) is 8.86. The lowest BCUT2D eigenvalue weighted by Crippen LogP contribution is -2.42. The van der Waals surface area contributed by atoms with E-state index in [2.05, 4.69) is 10.6 Å². The average molecular weight is 372 g/mol. The van der Waals surface area contributed by atoms with Crippen LogP contribution < -0.4 is 20.1 Å². The zero-order valence-corrected chi connectivity index (χ0v) is 15.8. The standard InChI is InChI=1S/C20H24N2O5/c1-13-15(6-7-25-13)19(24)21-11-18(23)22-12-20(2,3)14-4-5-16-17(10-14)27-9-8-26-16/h4-7,10H,8-9,11-12H2,1-3H3,(H,21,24)(H,22,23). The summed E-state index contributed by atoms with van der Waals surface area (Å²) in [6.07, 6.45) is 1.44. The quantitative estimate of drug-likeness (QED) is 0.811. The Kier molecular flexibility index (Phi) is 5.39. The molecule has 2 aromatic rings. The van der Waals surface area contributed by atoms with Gasteiger partial charge in [0.2, 0.25) is 5.91 Å². The van der Waals surface area contributed by atoms with Crippen molar-refractivity contribution in [2.75, 3.05) is 26.3 Å². The number of nitrogens with one attached hydrogen (secondary N) is 2. The number of carbonyl (C=O) groups excluding carboxylic acids is 2. The Morgan fingerprint density at radius 3 is 2.52 bits per heavy atom. The van der Waals surface area contributed by atoms with Crippen LogP contribution in [0.4, 0.5) is 0 Å². The minimum absolute atomic E-state index is 0.0966. The van der Waals surface area contributed by atoms with E-state index in [1.807, 2.05) is 32.0 Å². The van der Waals surface area contributed by atoms with E-state index in [1.165, 1.54) is 6.26 Å². The predicted octanol–water partition coefficient (Wildman–Crippen LogP) is 2.18. The summed E-state index contributed by atoms with van der Waals surface area (Å²) in [6.45, 7) is 7.18. The Labute approximate surface area is 158 Å². The number of hydrogen-bond donors (Lipinski definition) is 2. The first-order chi connectivity index (χ1) is 12.9. The highest BCUT2D eigenvalue weighted by atomic mass is 16.6. The number of hydrogen-bond acceptors (Lipinski definition) is 5. The Balaban J connectivity index is 1.53. The molecule has 0 aliphatic carbocycles. The van der Waals surface area contributed by atoms with E-state index >= 15 is 0 Å². The van der Waals surface area contributed by atoms with Gasteiger partial charge in [-0.3, -0.25) is 9.59 Å². The Morgan fingerprint density at radius 2 is 1.81 bits per heavy atom. The van der Waals surface area contributed by atoms with Gasteiger partial charge in [0, 0.05) is 12.0 Å². The van der Waals surface area contributed by atoms with Crippen LogP contribution in [0.15, 0.2) is 34.9 Å². The maximum atomic E-state index is 12.1. The summed E-state index contributed by atoms with van der Waals surface area (Å²) in [4.78, 5) is 24.1. The van der Waals surface area contributed by atoms with Crippen LogP contribution in [0, 0.1) is 6.92 Å². The lowest BCUT2D eigenvalue weighted by atomic mass is 9.84. The molecule has 1 aromatic carbocycles. The molecule has 2 heterocycles. The summed E-state index contributed by atoms with van der Waals surface area (Å²) in [5.74, 6) is 1.40. The van der Waals surface area contributed by atoms with E-state index in [0.29, 0.717) is 31.1 Å². The maximum absolute atomic E-state index is 12.1. The van der Waals surface area contributed by atoms with Crippen molar-refractivity contribution in [3.63, 3.8) is 0 Å². The summed E-state index contributed by atoms with van der Waals surface area (Å²) >= 11 is 0. The zero-order chi connectivity index (χ0) is 19.4. The fraction of sp³-hybridized carbons (Fsp3) is 0.400. The van der Waals surface area contributed by atoms with E-state index in [4.69, 9.17) is 13.9 Å². The molecule has 1 aliphatic rings. The van der Waals surface area contributed by atoms with Gasteiger partial charge in [-0.05, 0) is 30.7 Å². The summed E-state index contributed by atoms with van der Waals surface area (Å²) in [7, 11) is 0. The molecule has 0 fully saturated rings. The van der Waals surface area contributed by atoms with Crippen molar-refractivity contribution in [2.45, 2.75) is 26.2 Å². The highest BCUT2D eigenvalue weighted by Crippen LogP contribution is 2.34. The number of ether oxygens (including phenoxy) is 2. The molecular formula is C20H24N2O5. The molecule has 27 heavy (non-hydrogen) atoms. The zero-order valence-electron chi connectivity index (χ0n) is 15.8. The topological polar surface area (TPSA) is 89.8 Å². The van der Waals surface area contributed by atoms with Crippen LogP contribution in [-0.4, -0.2) is 38.1 Å². The van der Waals surface area contributed by atoms with Crippen LogP contribution in [0.3, 0.4) is 0 Å². The molecule has 144 valence electrons. The molecular weight excluding hydrogens is 348 g/mol. The summed E-state index contributed by atoms with van der Waals surface area (Å²) in [6, 6.07) is 7.39. The van der Waals surface area contributed by atoms with Gasteiger partial charge in [-0.25, -0.2) is 0 Å². The second kappa shape index (κ2) is 7.73. The fourth-order valence-corrected chi connectivity index (χ4v) is 2.82. The largest absolute Gasteiger partial charge is 0.486 e. The van der Waals surface area contributed by atoms with Crippen LogP contribution in [0.2, 0.25) is 0 Å². The normalized spacial score (nSPS) is 13.1. The molecule has 0 bridgehead atoms. The second-order valence-corrected chi connectivity index (χ2v) is 7.09. The fourth-order valence-electron chi connectivity index (χ4n) is 2.82. The average Bonchev–Trinajstić information content (AvgIpc) is 3.10. The van der Waals surface area contributed by atoms with E-state index in [1.54, 1.807) is 13.0 Å². The van der Waals surface area contributed by atoms with Crippen molar-refractivity contribution >= 4 is 11.8 Å². The van der Waals surface area contributed by atoms with Gasteiger partial charge in [0.05, 0.1) is 18.4 Å². The van der Waals surface area contributed by atoms with Gasteiger partial charge in [0.1, 0.15) is 19.0 Å². The smallest absolute Gasteiger partial charge is 0.255 e. The third-order valence-electron chi connectivity index (χ3n) is 4.56. The van der Waals surface area contributed by atoms with Gasteiger partial charge >= 0.3 is 0 Å². The van der Waals surface area contributed by atoms with Crippen LogP contribution >= 0.6 is 0 Å². The highest BCUT2D eigenvalue weighted by Gasteiger charge is 2.24.